The van der Waals surface area contributed by atoms with E-state index in [2.05, 4.69) is 15.0 Å². The maximum Gasteiger partial charge on any atom is 0.387 e. The van der Waals surface area contributed by atoms with E-state index in [0.717, 1.165) is 0 Å². The van der Waals surface area contributed by atoms with E-state index in [-0.39, 0.29) is 24.3 Å². The van der Waals surface area contributed by atoms with Gasteiger partial charge in [0.25, 0.3) is 11.5 Å². The van der Waals surface area contributed by atoms with Gasteiger partial charge >= 0.3 is 12.6 Å². The quantitative estimate of drug-likeness (QED) is 0.559. The van der Waals surface area contributed by atoms with Crippen LogP contribution in [0, 0.1) is 0 Å². The normalized spacial score (nSPS) is 10.9. The lowest BCUT2D eigenvalue weighted by atomic mass is 10.3. The van der Waals surface area contributed by atoms with Crippen molar-refractivity contribution in [1.29, 1.82) is 0 Å². The molecule has 0 saturated carbocycles. The van der Waals surface area contributed by atoms with E-state index in [1.807, 2.05) is 0 Å². The topological polar surface area (TPSA) is 99.5 Å². The molecule has 2 heterocycles. The van der Waals surface area contributed by atoms with Crippen LogP contribution in [0.1, 0.15) is 6.42 Å². The molecule has 3 aromatic rings. The van der Waals surface area contributed by atoms with Crippen molar-refractivity contribution in [1.82, 2.24) is 9.55 Å². The van der Waals surface area contributed by atoms with Crippen molar-refractivity contribution >= 4 is 39.1 Å². The Labute approximate surface area is 166 Å². The first-order valence-electron chi connectivity index (χ1n) is 8.35. The second-order valence-corrected chi connectivity index (χ2v) is 6.64. The molecular formula is C18H15F2N3O5S. The summed E-state index contributed by atoms with van der Waals surface area (Å²) in [5.74, 6) is -1.30. The van der Waals surface area contributed by atoms with Crippen LogP contribution in [0.4, 0.5) is 14.5 Å². The molecule has 0 aliphatic carbocycles. The summed E-state index contributed by atoms with van der Waals surface area (Å²) in [6.07, 6.45) is 1.26. The molecular weight excluding hydrogens is 408 g/mol. The molecule has 152 valence electrons. The standard InChI is InChI=1S/C18H15F2N3O5S/c19-18(20)28-12-3-1-11(2-4-12)22-14(24)9-27-15(25)5-7-23-10-21-16-13(17(23)26)6-8-29-16/h1-4,6,8,10,18H,5,7,9H2,(H,22,24). The van der Waals surface area contributed by atoms with Crippen LogP contribution in [-0.2, 0) is 20.9 Å². The summed E-state index contributed by atoms with van der Waals surface area (Å²) in [4.78, 5) is 40.6. The molecule has 29 heavy (non-hydrogen) atoms. The highest BCUT2D eigenvalue weighted by Gasteiger charge is 2.11. The first-order chi connectivity index (χ1) is 13.9. The van der Waals surface area contributed by atoms with Gasteiger partial charge in [-0.3, -0.25) is 19.0 Å². The predicted molar refractivity (Wildman–Crippen MR) is 101 cm³/mol. The van der Waals surface area contributed by atoms with Crippen LogP contribution < -0.4 is 15.6 Å². The summed E-state index contributed by atoms with van der Waals surface area (Å²) in [5.41, 5.74) is 0.0791. The van der Waals surface area contributed by atoms with Crippen molar-refractivity contribution in [3.8, 4) is 5.75 Å². The largest absolute Gasteiger partial charge is 0.456 e. The van der Waals surface area contributed by atoms with Gasteiger partial charge in [0.15, 0.2) is 6.61 Å². The fraction of sp³-hybridized carbons (Fsp3) is 0.222. The van der Waals surface area contributed by atoms with Gasteiger partial charge in [0, 0.05) is 12.2 Å². The molecule has 1 aromatic carbocycles. The first kappa shape index (κ1) is 20.4. The second-order valence-electron chi connectivity index (χ2n) is 5.74. The third-order valence-electron chi connectivity index (χ3n) is 3.73. The smallest absolute Gasteiger partial charge is 0.387 e. The number of ether oxygens (including phenoxy) is 2. The minimum Gasteiger partial charge on any atom is -0.456 e. The zero-order valence-corrected chi connectivity index (χ0v) is 15.7. The molecule has 0 bridgehead atoms. The Bertz CT molecular complexity index is 1070. The lowest BCUT2D eigenvalue weighted by Crippen LogP contribution is -2.24. The van der Waals surface area contributed by atoms with E-state index in [9.17, 15) is 23.2 Å². The zero-order chi connectivity index (χ0) is 20.8. The summed E-state index contributed by atoms with van der Waals surface area (Å²) in [6, 6.07) is 6.95. The number of fused-ring (bicyclic) bond motifs is 1. The van der Waals surface area contributed by atoms with Crippen molar-refractivity contribution in [2.75, 3.05) is 11.9 Å². The summed E-state index contributed by atoms with van der Waals surface area (Å²) in [5, 5.41) is 4.70. The van der Waals surface area contributed by atoms with Gasteiger partial charge in [-0.05, 0) is 35.7 Å². The van der Waals surface area contributed by atoms with Crippen molar-refractivity contribution in [3.05, 3.63) is 52.4 Å². The maximum absolute atomic E-state index is 12.2. The molecule has 1 amide bonds. The minimum absolute atomic E-state index is 0.0465. The third kappa shape index (κ3) is 5.57. The molecule has 8 nitrogen and oxygen atoms in total. The Balaban J connectivity index is 1.44. The molecule has 0 atom stereocenters. The number of amides is 1. The highest BCUT2D eigenvalue weighted by molar-refractivity contribution is 7.16. The number of hydrogen-bond donors (Lipinski definition) is 1. The van der Waals surface area contributed by atoms with Crippen LogP contribution in [-0.4, -0.2) is 34.6 Å². The number of alkyl halides is 2. The van der Waals surface area contributed by atoms with Crippen LogP contribution >= 0.6 is 11.3 Å². The maximum atomic E-state index is 12.2. The van der Waals surface area contributed by atoms with Gasteiger partial charge in [0.1, 0.15) is 10.6 Å². The number of esters is 1. The molecule has 0 fully saturated rings. The molecule has 11 heteroatoms. The summed E-state index contributed by atoms with van der Waals surface area (Å²) < 4.78 is 34.6. The van der Waals surface area contributed by atoms with Gasteiger partial charge in [0.2, 0.25) is 0 Å². The molecule has 0 aliphatic heterocycles. The predicted octanol–water partition coefficient (Wildman–Crippen LogP) is 2.63. The van der Waals surface area contributed by atoms with E-state index in [0.29, 0.717) is 15.9 Å². The molecule has 0 unspecified atom stereocenters. The van der Waals surface area contributed by atoms with Gasteiger partial charge in [0.05, 0.1) is 18.1 Å². The van der Waals surface area contributed by atoms with Crippen LogP contribution in [0.2, 0.25) is 0 Å². The second kappa shape index (κ2) is 9.24. The molecule has 3 rings (SSSR count). The Morgan fingerprint density at radius 3 is 2.69 bits per heavy atom. The number of benzene rings is 1. The van der Waals surface area contributed by atoms with Gasteiger partial charge in [-0.25, -0.2) is 4.98 Å². The van der Waals surface area contributed by atoms with E-state index in [1.54, 1.807) is 11.4 Å². The minimum atomic E-state index is -2.94. The Hall–Kier alpha value is -3.34. The van der Waals surface area contributed by atoms with Crippen molar-refractivity contribution < 1.29 is 27.8 Å². The lowest BCUT2D eigenvalue weighted by Gasteiger charge is -2.09. The first-order valence-corrected chi connectivity index (χ1v) is 9.23. The van der Waals surface area contributed by atoms with Crippen LogP contribution in [0.3, 0.4) is 0 Å². The number of carbonyl (C=O) groups excluding carboxylic acids is 2. The number of anilines is 1. The highest BCUT2D eigenvalue weighted by Crippen LogP contribution is 2.17. The SMILES string of the molecule is O=C(COC(=O)CCn1cnc2sccc2c1=O)Nc1ccc(OC(F)F)cc1. The highest BCUT2D eigenvalue weighted by atomic mass is 32.1. The van der Waals surface area contributed by atoms with Crippen molar-refractivity contribution in [2.45, 2.75) is 19.6 Å². The van der Waals surface area contributed by atoms with Gasteiger partial charge in [-0.2, -0.15) is 8.78 Å². The van der Waals surface area contributed by atoms with Crippen molar-refractivity contribution in [3.63, 3.8) is 0 Å². The van der Waals surface area contributed by atoms with E-state index >= 15 is 0 Å². The van der Waals surface area contributed by atoms with Crippen LogP contribution in [0.25, 0.3) is 10.2 Å². The number of aromatic nitrogens is 2. The lowest BCUT2D eigenvalue weighted by molar-refractivity contribution is -0.147. The molecule has 1 N–H and O–H groups in total. The molecule has 0 aliphatic rings. The number of nitrogens with one attached hydrogen (secondary N) is 1. The third-order valence-corrected chi connectivity index (χ3v) is 4.56. The number of halogens is 2. The van der Waals surface area contributed by atoms with Crippen LogP contribution in [0.5, 0.6) is 5.75 Å². The van der Waals surface area contributed by atoms with Crippen LogP contribution in [0.15, 0.2) is 46.8 Å². The summed E-state index contributed by atoms with van der Waals surface area (Å²) in [7, 11) is 0. The summed E-state index contributed by atoms with van der Waals surface area (Å²) in [6.45, 7) is -3.39. The van der Waals surface area contributed by atoms with E-state index in [1.165, 1.54) is 46.5 Å². The Morgan fingerprint density at radius 2 is 1.97 bits per heavy atom. The average molecular weight is 423 g/mol. The number of carbonyl (C=O) groups is 2. The molecule has 2 aromatic heterocycles. The molecule has 0 radical (unpaired) electrons. The van der Waals surface area contributed by atoms with Gasteiger partial charge in [-0.1, -0.05) is 0 Å². The molecule has 0 spiro atoms. The molecule has 0 saturated heterocycles. The number of hydrogen-bond acceptors (Lipinski definition) is 7. The van der Waals surface area contributed by atoms with E-state index < -0.39 is 25.1 Å². The van der Waals surface area contributed by atoms with Crippen molar-refractivity contribution in [2.24, 2.45) is 0 Å². The number of rotatable bonds is 8. The van der Waals surface area contributed by atoms with Gasteiger partial charge < -0.3 is 14.8 Å². The Kier molecular flexibility index (Phi) is 6.50. The Morgan fingerprint density at radius 1 is 1.21 bits per heavy atom. The number of aryl methyl sites for hydroxylation is 1. The summed E-state index contributed by atoms with van der Waals surface area (Å²) >= 11 is 1.35. The zero-order valence-electron chi connectivity index (χ0n) is 14.8. The number of nitrogens with zero attached hydrogens (tertiary/aromatic N) is 2. The van der Waals surface area contributed by atoms with E-state index in [4.69, 9.17) is 4.74 Å². The number of thiophene rings is 1. The average Bonchev–Trinajstić information content (AvgIpc) is 3.17. The fourth-order valence-corrected chi connectivity index (χ4v) is 3.12. The van der Waals surface area contributed by atoms with Gasteiger partial charge in [-0.15, -0.1) is 11.3 Å². The monoisotopic (exact) mass is 423 g/mol. The fourth-order valence-electron chi connectivity index (χ4n) is 2.40.